The number of ether oxygens (including phenoxy) is 2. The van der Waals surface area contributed by atoms with Crippen molar-refractivity contribution in [3.63, 3.8) is 0 Å². The summed E-state index contributed by atoms with van der Waals surface area (Å²) in [7, 11) is 0. The molecular formula is C18H22N4O4. The highest BCUT2D eigenvalue weighted by atomic mass is 16.6. The van der Waals surface area contributed by atoms with E-state index in [2.05, 4.69) is 20.4 Å². The Bertz CT molecular complexity index is 798. The topological polar surface area (TPSA) is 99.4 Å². The monoisotopic (exact) mass is 358 g/mol. The number of nitrogens with zero attached hydrogens (tertiary/aromatic N) is 3. The van der Waals surface area contributed by atoms with Crippen LogP contribution >= 0.6 is 0 Å². The van der Waals surface area contributed by atoms with Crippen molar-refractivity contribution in [2.45, 2.75) is 51.5 Å². The summed E-state index contributed by atoms with van der Waals surface area (Å²) >= 11 is 0. The molecule has 2 aromatic heterocycles. The average molecular weight is 358 g/mol. The fourth-order valence-electron chi connectivity index (χ4n) is 2.65. The van der Waals surface area contributed by atoms with E-state index in [0.29, 0.717) is 36.0 Å². The number of pyridine rings is 1. The first-order valence-corrected chi connectivity index (χ1v) is 9.01. The number of hydrogen-bond donors (Lipinski definition) is 1. The first-order chi connectivity index (χ1) is 12.6. The second-order valence-corrected chi connectivity index (χ2v) is 7.00. The molecule has 0 saturated heterocycles. The van der Waals surface area contributed by atoms with Crippen LogP contribution in [0.2, 0.25) is 0 Å². The van der Waals surface area contributed by atoms with Crippen LogP contribution in [0.1, 0.15) is 61.8 Å². The van der Waals surface area contributed by atoms with E-state index >= 15 is 0 Å². The summed E-state index contributed by atoms with van der Waals surface area (Å²) in [4.78, 5) is 20.6. The molecule has 138 valence electrons. The van der Waals surface area contributed by atoms with Gasteiger partial charge in [0.2, 0.25) is 17.7 Å². The third kappa shape index (κ3) is 4.12. The van der Waals surface area contributed by atoms with Gasteiger partial charge in [0.1, 0.15) is 0 Å². The van der Waals surface area contributed by atoms with Crippen molar-refractivity contribution in [1.82, 2.24) is 20.4 Å². The van der Waals surface area contributed by atoms with Crippen LogP contribution in [-0.4, -0.2) is 27.8 Å². The predicted octanol–water partition coefficient (Wildman–Crippen LogP) is 3.29. The van der Waals surface area contributed by atoms with Gasteiger partial charge >= 0.3 is 6.09 Å². The van der Waals surface area contributed by atoms with E-state index in [1.807, 2.05) is 6.07 Å². The summed E-state index contributed by atoms with van der Waals surface area (Å²) in [5.41, 5.74) is 1.11. The van der Waals surface area contributed by atoms with E-state index in [9.17, 15) is 4.79 Å². The van der Waals surface area contributed by atoms with Crippen molar-refractivity contribution < 1.29 is 18.8 Å². The molecule has 0 aromatic carbocycles. The van der Waals surface area contributed by atoms with Crippen molar-refractivity contribution >= 4 is 6.09 Å². The maximum absolute atomic E-state index is 12.1. The number of nitrogens with one attached hydrogen (secondary N) is 1. The normalized spacial score (nSPS) is 17.6. The lowest BCUT2D eigenvalue weighted by molar-refractivity contribution is 0.193. The van der Waals surface area contributed by atoms with Crippen LogP contribution < -0.4 is 14.8 Å². The number of aromatic nitrogens is 3. The second-order valence-electron chi connectivity index (χ2n) is 7.00. The minimum atomic E-state index is -0.625. The van der Waals surface area contributed by atoms with Crippen LogP contribution in [0, 0.1) is 12.8 Å². The highest BCUT2D eigenvalue weighted by molar-refractivity contribution is 5.70. The molecule has 26 heavy (non-hydrogen) atoms. The second kappa shape index (κ2) is 6.93. The SMILES string of the molecule is Cc1nc(C(C)NC(=O)Oc2ccc(C3CC3)c(OCC3CC3)n2)no1. The van der Waals surface area contributed by atoms with E-state index in [1.165, 1.54) is 12.8 Å². The zero-order valence-electron chi connectivity index (χ0n) is 14.9. The van der Waals surface area contributed by atoms with E-state index in [1.54, 1.807) is 19.9 Å². The third-order valence-corrected chi connectivity index (χ3v) is 4.50. The molecule has 1 unspecified atom stereocenters. The number of hydrogen-bond acceptors (Lipinski definition) is 7. The molecule has 8 heteroatoms. The van der Waals surface area contributed by atoms with Crippen molar-refractivity contribution in [3.8, 4) is 11.8 Å². The number of carbonyl (C=O) groups excluding carboxylic acids is 1. The first kappa shape index (κ1) is 16.8. The molecule has 1 amide bonds. The fraction of sp³-hybridized carbons (Fsp3) is 0.556. The number of aryl methyl sites for hydroxylation is 1. The van der Waals surface area contributed by atoms with E-state index in [4.69, 9.17) is 14.0 Å². The number of amides is 1. The minimum Gasteiger partial charge on any atom is -0.477 e. The van der Waals surface area contributed by atoms with Gasteiger partial charge in [0, 0.05) is 18.6 Å². The molecule has 0 bridgehead atoms. The molecule has 1 N–H and O–H groups in total. The largest absolute Gasteiger partial charge is 0.477 e. The lowest BCUT2D eigenvalue weighted by Crippen LogP contribution is -2.30. The van der Waals surface area contributed by atoms with Gasteiger partial charge in [-0.3, -0.25) is 0 Å². The summed E-state index contributed by atoms with van der Waals surface area (Å²) in [6, 6.07) is 3.22. The molecule has 2 aliphatic rings. The molecule has 2 aromatic rings. The number of rotatable bonds is 7. The molecule has 1 atom stereocenters. The van der Waals surface area contributed by atoms with Gasteiger partial charge in [0.05, 0.1) is 12.6 Å². The van der Waals surface area contributed by atoms with E-state index in [0.717, 1.165) is 18.4 Å². The standard InChI is InChI=1S/C18H22N4O4/c1-10(16-20-11(2)26-22-16)19-18(23)25-15-8-7-14(13-5-6-13)17(21-15)24-9-12-3-4-12/h7-8,10,12-13H,3-6,9H2,1-2H3,(H,19,23). The fourth-order valence-corrected chi connectivity index (χ4v) is 2.65. The van der Waals surface area contributed by atoms with Crippen molar-refractivity contribution in [2.75, 3.05) is 6.61 Å². The lowest BCUT2D eigenvalue weighted by atomic mass is 10.2. The molecule has 2 aliphatic carbocycles. The Hall–Kier alpha value is -2.64. The van der Waals surface area contributed by atoms with Crippen LogP contribution in [0.25, 0.3) is 0 Å². The van der Waals surface area contributed by atoms with Gasteiger partial charge in [-0.25, -0.2) is 4.79 Å². The van der Waals surface area contributed by atoms with Crippen LogP contribution in [-0.2, 0) is 0 Å². The maximum Gasteiger partial charge on any atom is 0.414 e. The van der Waals surface area contributed by atoms with Crippen LogP contribution in [0.15, 0.2) is 16.7 Å². The molecule has 0 spiro atoms. The highest BCUT2D eigenvalue weighted by Gasteiger charge is 2.29. The van der Waals surface area contributed by atoms with Crippen molar-refractivity contribution in [2.24, 2.45) is 5.92 Å². The smallest absolute Gasteiger partial charge is 0.414 e. The van der Waals surface area contributed by atoms with Gasteiger partial charge in [0.15, 0.2) is 5.82 Å². The van der Waals surface area contributed by atoms with Crippen molar-refractivity contribution in [3.05, 3.63) is 29.4 Å². The Labute approximate surface area is 151 Å². The summed E-state index contributed by atoms with van der Waals surface area (Å²) < 4.78 is 16.1. The third-order valence-electron chi connectivity index (χ3n) is 4.50. The van der Waals surface area contributed by atoms with Gasteiger partial charge in [0.25, 0.3) is 0 Å². The number of carbonyl (C=O) groups is 1. The van der Waals surface area contributed by atoms with Crippen LogP contribution in [0.4, 0.5) is 4.79 Å². The maximum atomic E-state index is 12.1. The Kier molecular flexibility index (Phi) is 4.48. The van der Waals surface area contributed by atoms with Gasteiger partial charge in [-0.15, -0.1) is 0 Å². The average Bonchev–Trinajstić information content (AvgIpc) is 3.52. The van der Waals surface area contributed by atoms with Crippen molar-refractivity contribution in [1.29, 1.82) is 0 Å². The van der Waals surface area contributed by atoms with E-state index in [-0.39, 0.29) is 5.88 Å². The zero-order valence-corrected chi connectivity index (χ0v) is 14.9. The summed E-state index contributed by atoms with van der Waals surface area (Å²) in [5.74, 6) is 2.79. The molecule has 0 aliphatic heterocycles. The molecule has 2 saturated carbocycles. The lowest BCUT2D eigenvalue weighted by Gasteiger charge is -2.13. The summed E-state index contributed by atoms with van der Waals surface area (Å²) in [5, 5.41) is 6.44. The van der Waals surface area contributed by atoms with Crippen LogP contribution in [0.5, 0.6) is 11.8 Å². The molecule has 2 heterocycles. The van der Waals surface area contributed by atoms with Crippen LogP contribution in [0.3, 0.4) is 0 Å². The molecule has 8 nitrogen and oxygen atoms in total. The highest BCUT2D eigenvalue weighted by Crippen LogP contribution is 2.44. The predicted molar refractivity (Wildman–Crippen MR) is 91.0 cm³/mol. The quantitative estimate of drug-likeness (QED) is 0.810. The van der Waals surface area contributed by atoms with Gasteiger partial charge in [-0.2, -0.15) is 9.97 Å². The zero-order chi connectivity index (χ0) is 18.1. The van der Waals surface area contributed by atoms with E-state index < -0.39 is 12.1 Å². The first-order valence-electron chi connectivity index (χ1n) is 9.01. The molecule has 4 rings (SSSR count). The summed E-state index contributed by atoms with van der Waals surface area (Å²) in [6.45, 7) is 4.12. The molecular weight excluding hydrogens is 336 g/mol. The molecule has 2 fully saturated rings. The Morgan fingerprint density at radius 2 is 2.12 bits per heavy atom. The van der Waals surface area contributed by atoms with Gasteiger partial charge < -0.3 is 19.3 Å². The Morgan fingerprint density at radius 3 is 2.77 bits per heavy atom. The molecule has 0 radical (unpaired) electrons. The minimum absolute atomic E-state index is 0.217. The summed E-state index contributed by atoms with van der Waals surface area (Å²) in [6.07, 6.45) is 4.11. The Balaban J connectivity index is 1.39. The van der Waals surface area contributed by atoms with Gasteiger partial charge in [-0.1, -0.05) is 5.16 Å². The van der Waals surface area contributed by atoms with Gasteiger partial charge in [-0.05, 0) is 50.5 Å². The Morgan fingerprint density at radius 1 is 1.31 bits per heavy atom.